The van der Waals surface area contributed by atoms with Crippen LogP contribution in [-0.2, 0) is 0 Å². The van der Waals surface area contributed by atoms with Crippen molar-refractivity contribution in [3.05, 3.63) is 66.7 Å². The summed E-state index contributed by atoms with van der Waals surface area (Å²) in [6.07, 6.45) is 4.36. The Hall–Kier alpha value is -3.68. The Bertz CT molecular complexity index is 1080. The van der Waals surface area contributed by atoms with Crippen LogP contribution in [0.2, 0.25) is 0 Å². The molecule has 5 rings (SSSR count). The van der Waals surface area contributed by atoms with E-state index in [-0.39, 0.29) is 11.9 Å². The number of furan rings is 1. The third kappa shape index (κ3) is 2.98. The number of nitrogens with zero attached hydrogens (tertiary/aromatic N) is 5. The summed E-state index contributed by atoms with van der Waals surface area (Å²) in [4.78, 5) is 14.6. The fourth-order valence-electron chi connectivity index (χ4n) is 3.49. The average Bonchev–Trinajstić information content (AvgIpc) is 3.54. The van der Waals surface area contributed by atoms with Crippen LogP contribution in [0.15, 0.2) is 65.4 Å². The second-order valence-corrected chi connectivity index (χ2v) is 6.79. The molecule has 4 aromatic rings. The van der Waals surface area contributed by atoms with Gasteiger partial charge in [0, 0.05) is 24.7 Å². The number of carbonyl (C=O) groups is 1. The molecule has 0 bridgehead atoms. The van der Waals surface area contributed by atoms with Gasteiger partial charge in [-0.2, -0.15) is 5.10 Å². The Morgan fingerprint density at radius 3 is 2.89 bits per heavy atom. The number of likely N-dealkylation sites (tertiary alicyclic amines) is 1. The van der Waals surface area contributed by atoms with Gasteiger partial charge in [0.05, 0.1) is 18.5 Å². The van der Waals surface area contributed by atoms with E-state index < -0.39 is 0 Å². The Balaban J connectivity index is 1.28. The number of aromatic amines is 1. The lowest BCUT2D eigenvalue weighted by atomic mass is 10.2. The molecule has 8 nitrogen and oxygen atoms in total. The van der Waals surface area contributed by atoms with Gasteiger partial charge < -0.3 is 9.32 Å². The van der Waals surface area contributed by atoms with E-state index in [0.717, 1.165) is 17.7 Å². The van der Waals surface area contributed by atoms with Gasteiger partial charge in [-0.05, 0) is 18.6 Å². The van der Waals surface area contributed by atoms with Crippen LogP contribution in [0.25, 0.3) is 22.7 Å². The standard InChI is InChI=1S/C20H18N6O2/c27-20(17-11-16(21-22-17)19-7-4-10-28-19)25-9-8-15(12-25)26-13-18(23-24-26)14-5-2-1-3-6-14/h1-7,10-11,13,15H,8-9,12H2,(H,21,22). The number of nitrogens with one attached hydrogen (secondary N) is 1. The molecule has 1 atom stereocenters. The van der Waals surface area contributed by atoms with E-state index in [1.54, 1.807) is 23.3 Å². The molecule has 3 aromatic heterocycles. The van der Waals surface area contributed by atoms with Crippen LogP contribution < -0.4 is 0 Å². The molecule has 1 aliphatic rings. The van der Waals surface area contributed by atoms with Crippen molar-refractivity contribution < 1.29 is 9.21 Å². The van der Waals surface area contributed by atoms with E-state index in [9.17, 15) is 4.79 Å². The number of amides is 1. The van der Waals surface area contributed by atoms with Crippen molar-refractivity contribution in [2.45, 2.75) is 12.5 Å². The van der Waals surface area contributed by atoms with Crippen molar-refractivity contribution >= 4 is 5.91 Å². The first kappa shape index (κ1) is 16.5. The highest BCUT2D eigenvalue weighted by atomic mass is 16.3. The summed E-state index contributed by atoms with van der Waals surface area (Å²) in [5, 5.41) is 15.6. The SMILES string of the molecule is O=C(c1cc(-c2ccco2)[nH]n1)N1CCC(n2cc(-c3ccccc3)nn2)C1. The molecule has 1 amide bonds. The molecular formula is C20H18N6O2. The zero-order valence-corrected chi connectivity index (χ0v) is 15.0. The molecule has 4 heterocycles. The first-order chi connectivity index (χ1) is 13.8. The van der Waals surface area contributed by atoms with E-state index in [1.165, 1.54) is 0 Å². The Morgan fingerprint density at radius 2 is 2.07 bits per heavy atom. The maximum atomic E-state index is 12.8. The summed E-state index contributed by atoms with van der Waals surface area (Å²) in [5.41, 5.74) is 2.94. The van der Waals surface area contributed by atoms with E-state index in [4.69, 9.17) is 4.42 Å². The van der Waals surface area contributed by atoms with Crippen LogP contribution in [-0.4, -0.2) is 49.1 Å². The smallest absolute Gasteiger partial charge is 0.274 e. The number of H-pyrrole nitrogens is 1. The highest BCUT2D eigenvalue weighted by Crippen LogP contribution is 2.25. The first-order valence-electron chi connectivity index (χ1n) is 9.14. The summed E-state index contributed by atoms with van der Waals surface area (Å²) in [6.45, 7) is 1.24. The van der Waals surface area contributed by atoms with Crippen LogP contribution in [0, 0.1) is 0 Å². The molecule has 0 aliphatic carbocycles. The number of hydrogen-bond acceptors (Lipinski definition) is 5. The van der Waals surface area contributed by atoms with Crippen LogP contribution in [0.1, 0.15) is 23.0 Å². The third-order valence-corrected chi connectivity index (χ3v) is 4.99. The molecule has 0 spiro atoms. The summed E-state index contributed by atoms with van der Waals surface area (Å²) in [7, 11) is 0. The number of hydrogen-bond donors (Lipinski definition) is 1. The molecular weight excluding hydrogens is 356 g/mol. The molecule has 1 N–H and O–H groups in total. The second-order valence-electron chi connectivity index (χ2n) is 6.79. The van der Waals surface area contributed by atoms with Crippen molar-refractivity contribution in [1.82, 2.24) is 30.1 Å². The van der Waals surface area contributed by atoms with Gasteiger partial charge in [0.15, 0.2) is 11.5 Å². The van der Waals surface area contributed by atoms with Crippen LogP contribution >= 0.6 is 0 Å². The summed E-state index contributed by atoms with van der Waals surface area (Å²) >= 11 is 0. The molecule has 1 aromatic carbocycles. The minimum atomic E-state index is -0.0973. The van der Waals surface area contributed by atoms with E-state index in [2.05, 4.69) is 20.5 Å². The van der Waals surface area contributed by atoms with Crippen LogP contribution in [0.5, 0.6) is 0 Å². The normalized spacial score (nSPS) is 16.6. The van der Waals surface area contributed by atoms with Gasteiger partial charge in [-0.3, -0.25) is 9.89 Å². The second kappa shape index (κ2) is 6.80. The predicted octanol–water partition coefficient (Wildman–Crippen LogP) is 3.02. The van der Waals surface area contributed by atoms with Gasteiger partial charge in [0.25, 0.3) is 5.91 Å². The average molecular weight is 374 g/mol. The van der Waals surface area contributed by atoms with E-state index >= 15 is 0 Å². The summed E-state index contributed by atoms with van der Waals surface area (Å²) in [5.74, 6) is 0.557. The molecule has 0 saturated carbocycles. The molecule has 1 unspecified atom stereocenters. The zero-order valence-electron chi connectivity index (χ0n) is 15.0. The number of carbonyl (C=O) groups excluding carboxylic acids is 1. The maximum Gasteiger partial charge on any atom is 0.274 e. The highest BCUT2D eigenvalue weighted by Gasteiger charge is 2.30. The zero-order chi connectivity index (χ0) is 18.9. The van der Waals surface area contributed by atoms with Gasteiger partial charge in [-0.25, -0.2) is 4.68 Å². The number of benzene rings is 1. The first-order valence-corrected chi connectivity index (χ1v) is 9.14. The predicted molar refractivity (Wildman–Crippen MR) is 101 cm³/mol. The number of aromatic nitrogens is 5. The quantitative estimate of drug-likeness (QED) is 0.593. The highest BCUT2D eigenvalue weighted by molar-refractivity contribution is 5.93. The minimum Gasteiger partial charge on any atom is -0.463 e. The summed E-state index contributed by atoms with van der Waals surface area (Å²) < 4.78 is 7.19. The lowest BCUT2D eigenvalue weighted by Crippen LogP contribution is -2.29. The summed E-state index contributed by atoms with van der Waals surface area (Å²) in [6, 6.07) is 15.4. The van der Waals surface area contributed by atoms with Gasteiger partial charge in [0.1, 0.15) is 11.4 Å². The van der Waals surface area contributed by atoms with Gasteiger partial charge >= 0.3 is 0 Å². The molecule has 1 saturated heterocycles. The van der Waals surface area contributed by atoms with Crippen molar-refractivity contribution in [2.24, 2.45) is 0 Å². The molecule has 1 aliphatic heterocycles. The number of rotatable bonds is 4. The van der Waals surface area contributed by atoms with Crippen molar-refractivity contribution in [3.63, 3.8) is 0 Å². The van der Waals surface area contributed by atoms with Crippen molar-refractivity contribution in [3.8, 4) is 22.7 Å². The monoisotopic (exact) mass is 374 g/mol. The van der Waals surface area contributed by atoms with Crippen molar-refractivity contribution in [2.75, 3.05) is 13.1 Å². The lowest BCUT2D eigenvalue weighted by Gasteiger charge is -2.14. The fourth-order valence-corrected chi connectivity index (χ4v) is 3.49. The minimum absolute atomic E-state index is 0.0973. The largest absolute Gasteiger partial charge is 0.463 e. The van der Waals surface area contributed by atoms with Crippen LogP contribution in [0.3, 0.4) is 0 Å². The van der Waals surface area contributed by atoms with E-state index in [1.807, 2.05) is 47.3 Å². The van der Waals surface area contributed by atoms with Crippen molar-refractivity contribution in [1.29, 1.82) is 0 Å². The fraction of sp³-hybridized carbons (Fsp3) is 0.200. The van der Waals surface area contributed by atoms with Gasteiger partial charge in [0.2, 0.25) is 0 Å². The van der Waals surface area contributed by atoms with E-state index in [0.29, 0.717) is 30.2 Å². The Labute approximate surface area is 160 Å². The Morgan fingerprint density at radius 1 is 1.18 bits per heavy atom. The molecule has 8 heteroatoms. The van der Waals surface area contributed by atoms with Gasteiger partial charge in [-0.15, -0.1) is 5.10 Å². The Kier molecular flexibility index (Phi) is 4.01. The molecule has 140 valence electrons. The van der Waals surface area contributed by atoms with Gasteiger partial charge in [-0.1, -0.05) is 35.5 Å². The topological polar surface area (TPSA) is 92.8 Å². The molecule has 0 radical (unpaired) electrons. The lowest BCUT2D eigenvalue weighted by molar-refractivity contribution is 0.0781. The van der Waals surface area contributed by atoms with Crippen LogP contribution in [0.4, 0.5) is 0 Å². The molecule has 1 fully saturated rings. The third-order valence-electron chi connectivity index (χ3n) is 4.99. The maximum absolute atomic E-state index is 12.8. The molecule has 28 heavy (non-hydrogen) atoms.